The molecule has 136 valence electrons. The predicted octanol–water partition coefficient (Wildman–Crippen LogP) is 2.98. The smallest absolute Gasteiger partial charge is 0.419 e. The van der Waals surface area contributed by atoms with Gasteiger partial charge in [-0.25, -0.2) is 19.0 Å². The predicted molar refractivity (Wildman–Crippen MR) is 100 cm³/mol. The van der Waals surface area contributed by atoms with Crippen molar-refractivity contribution in [3.05, 3.63) is 66.0 Å². The first kappa shape index (κ1) is 17.2. The second kappa shape index (κ2) is 7.58. The molecule has 2 aromatic carbocycles. The lowest BCUT2D eigenvalue weighted by Crippen LogP contribution is -2.14. The normalized spacial score (nSPS) is 11.0. The van der Waals surface area contributed by atoms with Crippen molar-refractivity contribution in [2.75, 3.05) is 7.11 Å². The van der Waals surface area contributed by atoms with Gasteiger partial charge < -0.3 is 4.74 Å². The Kier molecular flexibility index (Phi) is 4.84. The molecule has 0 spiro atoms. The van der Waals surface area contributed by atoms with Crippen molar-refractivity contribution in [3.8, 4) is 0 Å². The maximum Gasteiger partial charge on any atom is 0.419 e. The van der Waals surface area contributed by atoms with Crippen LogP contribution in [0.2, 0.25) is 0 Å². The number of methoxy groups -OCH3 is 1. The van der Waals surface area contributed by atoms with Crippen LogP contribution in [-0.2, 0) is 17.0 Å². The number of ether oxygens (including phenoxy) is 1. The van der Waals surface area contributed by atoms with E-state index in [-0.39, 0.29) is 0 Å². The topological polar surface area (TPSA) is 87.7 Å². The molecular formula is C18H16N6O2S. The molecule has 9 heteroatoms. The second-order valence-electron chi connectivity index (χ2n) is 5.72. The van der Waals surface area contributed by atoms with Gasteiger partial charge in [0, 0.05) is 0 Å². The van der Waals surface area contributed by atoms with Crippen molar-refractivity contribution in [2.24, 2.45) is 0 Å². The number of hydrogen-bond donors (Lipinski definition) is 0. The molecule has 0 aliphatic rings. The molecule has 4 rings (SSSR count). The third kappa shape index (κ3) is 3.54. The Morgan fingerprint density at radius 1 is 1.11 bits per heavy atom. The summed E-state index contributed by atoms with van der Waals surface area (Å²) in [5, 5.41) is 12.6. The van der Waals surface area contributed by atoms with Gasteiger partial charge in [0.25, 0.3) is 0 Å². The number of carbonyl (C=O) groups is 1. The first-order valence-electron chi connectivity index (χ1n) is 8.24. The van der Waals surface area contributed by atoms with Crippen LogP contribution >= 0.6 is 11.8 Å². The minimum atomic E-state index is -0.469. The van der Waals surface area contributed by atoms with Crippen LogP contribution in [0.3, 0.4) is 0 Å². The highest BCUT2D eigenvalue weighted by molar-refractivity contribution is 7.98. The summed E-state index contributed by atoms with van der Waals surface area (Å²) >= 11 is 1.42. The van der Waals surface area contributed by atoms with Crippen molar-refractivity contribution >= 4 is 28.9 Å². The molecule has 0 saturated carbocycles. The zero-order chi connectivity index (χ0) is 18.6. The number of imidazole rings is 1. The first-order chi connectivity index (χ1) is 13.3. The molecular weight excluding hydrogens is 364 g/mol. The van der Waals surface area contributed by atoms with Crippen LogP contribution in [0, 0.1) is 0 Å². The molecule has 2 heterocycles. The van der Waals surface area contributed by atoms with Crippen molar-refractivity contribution in [3.63, 3.8) is 0 Å². The van der Waals surface area contributed by atoms with E-state index in [9.17, 15) is 4.79 Å². The Morgan fingerprint density at radius 3 is 2.70 bits per heavy atom. The summed E-state index contributed by atoms with van der Waals surface area (Å²) in [5.41, 5.74) is 2.56. The van der Waals surface area contributed by atoms with Crippen LogP contribution < -0.4 is 0 Å². The Bertz CT molecular complexity index is 1080. The van der Waals surface area contributed by atoms with E-state index >= 15 is 0 Å². The van der Waals surface area contributed by atoms with E-state index in [1.54, 1.807) is 4.68 Å². The van der Waals surface area contributed by atoms with E-state index in [0.717, 1.165) is 11.1 Å². The van der Waals surface area contributed by atoms with Crippen molar-refractivity contribution in [2.45, 2.75) is 17.5 Å². The van der Waals surface area contributed by atoms with Crippen molar-refractivity contribution in [1.82, 2.24) is 29.8 Å². The van der Waals surface area contributed by atoms with Crippen LogP contribution in [0.5, 0.6) is 0 Å². The van der Waals surface area contributed by atoms with Gasteiger partial charge in [0.05, 0.1) is 30.4 Å². The average molecular weight is 380 g/mol. The molecule has 27 heavy (non-hydrogen) atoms. The molecule has 8 nitrogen and oxygen atoms in total. The van der Waals surface area contributed by atoms with Gasteiger partial charge in [0.1, 0.15) is 5.82 Å². The van der Waals surface area contributed by atoms with Gasteiger partial charge in [-0.05, 0) is 28.1 Å². The van der Waals surface area contributed by atoms with Gasteiger partial charge in [-0.1, -0.05) is 54.2 Å². The Labute approximate surface area is 159 Å². The molecule has 2 aromatic heterocycles. The van der Waals surface area contributed by atoms with Crippen LogP contribution in [0.1, 0.15) is 11.4 Å². The Balaban J connectivity index is 1.58. The van der Waals surface area contributed by atoms with E-state index < -0.39 is 6.09 Å². The number of rotatable bonds is 5. The second-order valence-corrected chi connectivity index (χ2v) is 6.66. The third-order valence-corrected chi connectivity index (χ3v) is 4.95. The number of aromatic nitrogens is 6. The van der Waals surface area contributed by atoms with E-state index in [4.69, 9.17) is 4.74 Å². The number of carbonyl (C=O) groups excluding carboxylic acids is 1. The molecule has 0 aliphatic carbocycles. The lowest BCUT2D eigenvalue weighted by atomic mass is 10.2. The highest BCUT2D eigenvalue weighted by Gasteiger charge is 2.18. The molecule has 0 radical (unpaired) electrons. The zero-order valence-electron chi connectivity index (χ0n) is 14.5. The minimum absolute atomic E-state index is 0.430. The standard InChI is InChI=1S/C18H16N6O2S/c1-26-18(25)24-15-10-6-5-9-14(15)19-16(24)12-27-17-20-21-22-23(17)11-13-7-3-2-4-8-13/h2-10H,11-12H2,1H3. The van der Waals surface area contributed by atoms with Crippen molar-refractivity contribution < 1.29 is 9.53 Å². The summed E-state index contributed by atoms with van der Waals surface area (Å²) < 4.78 is 8.12. The van der Waals surface area contributed by atoms with Crippen LogP contribution in [-0.4, -0.2) is 43.0 Å². The lowest BCUT2D eigenvalue weighted by Gasteiger charge is -2.06. The quantitative estimate of drug-likeness (QED) is 0.492. The molecule has 0 saturated heterocycles. The van der Waals surface area contributed by atoms with Gasteiger partial charge in [0.2, 0.25) is 5.16 Å². The molecule has 0 unspecified atom stereocenters. The fourth-order valence-corrected chi connectivity index (χ4v) is 3.55. The van der Waals surface area contributed by atoms with Crippen molar-refractivity contribution in [1.29, 1.82) is 0 Å². The number of nitrogens with zero attached hydrogens (tertiary/aromatic N) is 6. The number of hydrogen-bond acceptors (Lipinski definition) is 7. The van der Waals surface area contributed by atoms with E-state index in [1.807, 2.05) is 54.6 Å². The molecule has 0 aliphatic heterocycles. The summed E-state index contributed by atoms with van der Waals surface area (Å²) in [5.74, 6) is 1.01. The van der Waals surface area contributed by atoms with E-state index in [0.29, 0.717) is 28.8 Å². The van der Waals surface area contributed by atoms with Gasteiger partial charge in [-0.15, -0.1) is 5.10 Å². The summed E-state index contributed by atoms with van der Waals surface area (Å²) in [6.45, 7) is 0.573. The SMILES string of the molecule is COC(=O)n1c(CSc2nnnn2Cc2ccccc2)nc2ccccc21. The number of tetrazole rings is 1. The van der Waals surface area contributed by atoms with Gasteiger partial charge in [-0.3, -0.25) is 0 Å². The molecule has 0 atom stereocenters. The third-order valence-electron chi connectivity index (χ3n) is 3.99. The minimum Gasteiger partial charge on any atom is -0.452 e. The summed E-state index contributed by atoms with van der Waals surface area (Å²) in [6, 6.07) is 17.4. The number of thioether (sulfide) groups is 1. The molecule has 0 amide bonds. The highest BCUT2D eigenvalue weighted by Crippen LogP contribution is 2.24. The van der Waals surface area contributed by atoms with Crippen LogP contribution in [0.15, 0.2) is 59.8 Å². The van der Waals surface area contributed by atoms with Gasteiger partial charge >= 0.3 is 6.09 Å². The fraction of sp³-hybridized carbons (Fsp3) is 0.167. The molecule has 4 aromatic rings. The lowest BCUT2D eigenvalue weighted by molar-refractivity contribution is 0.173. The zero-order valence-corrected chi connectivity index (χ0v) is 15.3. The Hall–Kier alpha value is -3.20. The fourth-order valence-electron chi connectivity index (χ4n) is 2.75. The summed E-state index contributed by atoms with van der Waals surface area (Å²) in [4.78, 5) is 16.8. The molecule has 0 fully saturated rings. The first-order valence-corrected chi connectivity index (χ1v) is 9.22. The number of para-hydroxylation sites is 2. The maximum absolute atomic E-state index is 12.2. The Morgan fingerprint density at radius 2 is 1.89 bits per heavy atom. The summed E-state index contributed by atoms with van der Waals surface area (Å²) in [6.07, 6.45) is -0.469. The van der Waals surface area contributed by atoms with E-state index in [2.05, 4.69) is 20.5 Å². The maximum atomic E-state index is 12.2. The monoisotopic (exact) mass is 380 g/mol. The van der Waals surface area contributed by atoms with E-state index in [1.165, 1.54) is 23.4 Å². The number of fused-ring (bicyclic) bond motifs is 1. The molecule has 0 bridgehead atoms. The molecule has 0 N–H and O–H groups in total. The largest absolute Gasteiger partial charge is 0.452 e. The van der Waals surface area contributed by atoms with Crippen LogP contribution in [0.4, 0.5) is 4.79 Å². The average Bonchev–Trinajstić information content (AvgIpc) is 3.30. The highest BCUT2D eigenvalue weighted by atomic mass is 32.2. The van der Waals surface area contributed by atoms with Gasteiger partial charge in [-0.2, -0.15) is 0 Å². The number of benzene rings is 2. The summed E-state index contributed by atoms with van der Waals surface area (Å²) in [7, 11) is 1.36. The van der Waals surface area contributed by atoms with Gasteiger partial charge in [0.15, 0.2) is 0 Å². The van der Waals surface area contributed by atoms with Crippen LogP contribution in [0.25, 0.3) is 11.0 Å².